The Hall–Kier alpha value is -2.15. The Bertz CT molecular complexity index is 691. The number of imide groups is 1. The normalized spacial score (nSPS) is 14.0. The molecule has 0 atom stereocenters. The smallest absolute Gasteiger partial charge is 0.261 e. The minimum Gasteiger partial charge on any atom is -0.273 e. The van der Waals surface area contributed by atoms with Crippen molar-refractivity contribution in [3.05, 3.63) is 41.2 Å². The van der Waals surface area contributed by atoms with Crippen molar-refractivity contribution in [2.24, 2.45) is 0 Å². The molecular weight excluding hydrogens is 300 g/mol. The summed E-state index contributed by atoms with van der Waals surface area (Å²) in [6, 6.07) is 6.91. The van der Waals surface area contributed by atoms with Gasteiger partial charge in [0.1, 0.15) is 5.82 Å². The van der Waals surface area contributed by atoms with Gasteiger partial charge in [-0.25, -0.2) is 4.98 Å². The zero-order valence-corrected chi connectivity index (χ0v) is 13.2. The highest BCUT2D eigenvalue weighted by Gasteiger charge is 2.34. The second-order valence-corrected chi connectivity index (χ2v) is 6.38. The Kier molecular flexibility index (Phi) is 3.98. The second-order valence-electron chi connectivity index (χ2n) is 5.31. The van der Waals surface area contributed by atoms with Crippen LogP contribution in [0.4, 0.5) is 0 Å². The van der Waals surface area contributed by atoms with Crippen molar-refractivity contribution in [2.45, 2.75) is 24.9 Å². The Balaban J connectivity index is 1.61. The molecule has 0 saturated heterocycles. The van der Waals surface area contributed by atoms with E-state index in [2.05, 4.69) is 15.2 Å². The van der Waals surface area contributed by atoms with E-state index in [0.29, 0.717) is 28.6 Å². The van der Waals surface area contributed by atoms with Crippen LogP contribution in [0.1, 0.15) is 46.3 Å². The molecule has 0 radical (unpaired) electrons. The van der Waals surface area contributed by atoms with Gasteiger partial charge in [-0.15, -0.1) is 5.10 Å². The molecule has 114 valence electrons. The molecule has 0 aliphatic carbocycles. The predicted molar refractivity (Wildman–Crippen MR) is 83.0 cm³/mol. The van der Waals surface area contributed by atoms with Gasteiger partial charge in [0, 0.05) is 18.2 Å². The molecule has 1 aliphatic heterocycles. The van der Waals surface area contributed by atoms with Crippen LogP contribution in [0, 0.1) is 0 Å². The fourth-order valence-corrected chi connectivity index (χ4v) is 2.98. The molecule has 2 aromatic rings. The number of hydrogen-bond donors (Lipinski definition) is 1. The van der Waals surface area contributed by atoms with Crippen molar-refractivity contribution in [3.8, 4) is 0 Å². The number of hydrogen-bond acceptors (Lipinski definition) is 5. The van der Waals surface area contributed by atoms with Crippen LogP contribution in [0.5, 0.6) is 0 Å². The van der Waals surface area contributed by atoms with Gasteiger partial charge in [0.2, 0.25) is 5.16 Å². The Labute approximate surface area is 132 Å². The summed E-state index contributed by atoms with van der Waals surface area (Å²) < 4.78 is 0. The molecule has 3 rings (SSSR count). The first-order valence-corrected chi connectivity index (χ1v) is 8.07. The molecule has 22 heavy (non-hydrogen) atoms. The van der Waals surface area contributed by atoms with E-state index in [1.807, 2.05) is 13.8 Å². The zero-order chi connectivity index (χ0) is 15.7. The van der Waals surface area contributed by atoms with E-state index in [1.165, 1.54) is 16.7 Å². The minimum absolute atomic E-state index is 0.223. The average Bonchev–Trinajstić information content (AvgIpc) is 3.07. The van der Waals surface area contributed by atoms with Crippen molar-refractivity contribution in [1.29, 1.82) is 0 Å². The van der Waals surface area contributed by atoms with Crippen molar-refractivity contribution in [2.75, 3.05) is 12.3 Å². The maximum atomic E-state index is 12.2. The van der Waals surface area contributed by atoms with E-state index < -0.39 is 0 Å². The van der Waals surface area contributed by atoms with Gasteiger partial charge in [-0.2, -0.15) is 0 Å². The van der Waals surface area contributed by atoms with Crippen LogP contribution in [0.2, 0.25) is 0 Å². The lowest BCUT2D eigenvalue weighted by Gasteiger charge is -2.12. The molecule has 0 unspecified atom stereocenters. The lowest BCUT2D eigenvalue weighted by atomic mass is 10.1. The van der Waals surface area contributed by atoms with Crippen LogP contribution in [-0.4, -0.2) is 44.2 Å². The second kappa shape index (κ2) is 5.92. The third kappa shape index (κ3) is 2.64. The van der Waals surface area contributed by atoms with Crippen molar-refractivity contribution in [1.82, 2.24) is 20.1 Å². The van der Waals surface area contributed by atoms with Crippen LogP contribution in [0.15, 0.2) is 29.4 Å². The summed E-state index contributed by atoms with van der Waals surface area (Å²) in [5, 5.41) is 7.64. The number of aromatic amines is 1. The van der Waals surface area contributed by atoms with E-state index in [4.69, 9.17) is 0 Å². The summed E-state index contributed by atoms with van der Waals surface area (Å²) in [5.41, 5.74) is 0.968. The Morgan fingerprint density at radius 3 is 2.36 bits per heavy atom. The van der Waals surface area contributed by atoms with E-state index >= 15 is 0 Å². The number of benzene rings is 1. The van der Waals surface area contributed by atoms with Crippen molar-refractivity contribution >= 4 is 23.6 Å². The van der Waals surface area contributed by atoms with Gasteiger partial charge in [-0.1, -0.05) is 37.7 Å². The molecule has 1 aliphatic rings. The monoisotopic (exact) mass is 316 g/mol. The number of thioether (sulfide) groups is 1. The summed E-state index contributed by atoms with van der Waals surface area (Å²) in [5.74, 6) is 1.25. The van der Waals surface area contributed by atoms with Gasteiger partial charge < -0.3 is 0 Å². The van der Waals surface area contributed by atoms with Crippen LogP contribution in [0.25, 0.3) is 0 Å². The van der Waals surface area contributed by atoms with E-state index in [0.717, 1.165) is 5.82 Å². The van der Waals surface area contributed by atoms with E-state index in [9.17, 15) is 9.59 Å². The predicted octanol–water partition coefficient (Wildman–Crippen LogP) is 2.32. The summed E-state index contributed by atoms with van der Waals surface area (Å²) in [6.45, 7) is 4.42. The standard InChI is InChI=1S/C15H16N4O2S/c1-9(2)12-16-15(18-17-12)22-8-7-19-13(20)10-5-3-4-6-11(10)14(19)21/h3-6,9H,7-8H2,1-2H3,(H,16,17,18). The lowest BCUT2D eigenvalue weighted by molar-refractivity contribution is 0.0664. The maximum absolute atomic E-state index is 12.2. The van der Waals surface area contributed by atoms with Crippen molar-refractivity contribution < 1.29 is 9.59 Å². The number of carbonyl (C=O) groups is 2. The zero-order valence-electron chi connectivity index (χ0n) is 12.4. The van der Waals surface area contributed by atoms with Gasteiger partial charge in [0.05, 0.1) is 11.1 Å². The molecule has 6 nitrogen and oxygen atoms in total. The summed E-state index contributed by atoms with van der Waals surface area (Å²) >= 11 is 1.43. The highest BCUT2D eigenvalue weighted by atomic mass is 32.2. The summed E-state index contributed by atoms with van der Waals surface area (Å²) in [6.07, 6.45) is 0. The number of rotatable bonds is 5. The number of H-pyrrole nitrogens is 1. The third-order valence-electron chi connectivity index (χ3n) is 3.45. The fourth-order valence-electron chi connectivity index (χ4n) is 2.25. The fraction of sp³-hybridized carbons (Fsp3) is 0.333. The van der Waals surface area contributed by atoms with Gasteiger partial charge >= 0.3 is 0 Å². The van der Waals surface area contributed by atoms with Crippen LogP contribution in [-0.2, 0) is 0 Å². The SMILES string of the molecule is CC(C)c1nc(SCCN2C(=O)c3ccccc3C2=O)n[nH]1. The number of aromatic nitrogens is 3. The molecule has 0 saturated carbocycles. The molecule has 7 heteroatoms. The molecule has 0 bridgehead atoms. The number of nitrogens with one attached hydrogen (secondary N) is 1. The molecule has 0 fully saturated rings. The van der Waals surface area contributed by atoms with Gasteiger partial charge in [-0.3, -0.25) is 19.6 Å². The number of nitrogens with zero attached hydrogens (tertiary/aromatic N) is 3. The number of carbonyl (C=O) groups excluding carboxylic acids is 2. The minimum atomic E-state index is -0.223. The number of fused-ring (bicyclic) bond motifs is 1. The maximum Gasteiger partial charge on any atom is 0.261 e. The first-order chi connectivity index (χ1) is 10.6. The Morgan fingerprint density at radius 2 is 1.82 bits per heavy atom. The first-order valence-electron chi connectivity index (χ1n) is 7.08. The largest absolute Gasteiger partial charge is 0.273 e. The topological polar surface area (TPSA) is 79.0 Å². The summed E-state index contributed by atoms with van der Waals surface area (Å²) in [4.78, 5) is 30.0. The van der Waals surface area contributed by atoms with Crippen LogP contribution < -0.4 is 0 Å². The Morgan fingerprint density at radius 1 is 1.18 bits per heavy atom. The quantitative estimate of drug-likeness (QED) is 0.676. The summed E-state index contributed by atoms with van der Waals surface area (Å²) in [7, 11) is 0. The molecule has 1 aromatic heterocycles. The highest BCUT2D eigenvalue weighted by molar-refractivity contribution is 7.99. The van der Waals surface area contributed by atoms with Crippen LogP contribution >= 0.6 is 11.8 Å². The van der Waals surface area contributed by atoms with Gasteiger partial charge in [0.15, 0.2) is 0 Å². The van der Waals surface area contributed by atoms with Crippen LogP contribution in [0.3, 0.4) is 0 Å². The molecule has 0 spiro atoms. The average molecular weight is 316 g/mol. The first kappa shape index (κ1) is 14.8. The highest BCUT2D eigenvalue weighted by Crippen LogP contribution is 2.23. The molecule has 2 heterocycles. The number of amides is 2. The molecule has 2 amide bonds. The molecular formula is C15H16N4O2S. The molecule has 1 aromatic carbocycles. The lowest BCUT2D eigenvalue weighted by Crippen LogP contribution is -2.31. The van der Waals surface area contributed by atoms with Crippen molar-refractivity contribution in [3.63, 3.8) is 0 Å². The van der Waals surface area contributed by atoms with E-state index in [1.54, 1.807) is 24.3 Å². The third-order valence-corrected chi connectivity index (χ3v) is 4.28. The van der Waals surface area contributed by atoms with E-state index in [-0.39, 0.29) is 17.7 Å². The van der Waals surface area contributed by atoms with Gasteiger partial charge in [0.25, 0.3) is 11.8 Å². The van der Waals surface area contributed by atoms with Gasteiger partial charge in [-0.05, 0) is 12.1 Å². The molecule has 1 N–H and O–H groups in total.